The van der Waals surface area contributed by atoms with Crippen LogP contribution in [0, 0.1) is 5.41 Å². The minimum Gasteiger partial charge on any atom is -0.313 e. The van der Waals surface area contributed by atoms with Gasteiger partial charge in [-0.2, -0.15) is 0 Å². The lowest BCUT2D eigenvalue weighted by molar-refractivity contribution is -0.128. The highest BCUT2D eigenvalue weighted by atomic mass is 32.2. The van der Waals surface area contributed by atoms with E-state index in [-0.39, 0.29) is 22.8 Å². The Kier molecular flexibility index (Phi) is 4.23. The van der Waals surface area contributed by atoms with E-state index in [1.807, 2.05) is 19.9 Å². The SMILES string of the molecule is CC(C)c1cccc(S(=O)(=O)NC(=O)[C@]23CCC[C@H]2NCC3)c1. The number of rotatable bonds is 4. The van der Waals surface area contributed by atoms with Crippen molar-refractivity contribution in [2.24, 2.45) is 5.41 Å². The lowest BCUT2D eigenvalue weighted by Gasteiger charge is -2.27. The molecule has 2 atom stereocenters. The molecule has 1 aliphatic carbocycles. The fraction of sp³-hybridized carbons (Fsp3) is 0.588. The Balaban J connectivity index is 1.84. The lowest BCUT2D eigenvalue weighted by Crippen LogP contribution is -2.47. The number of benzene rings is 1. The van der Waals surface area contributed by atoms with Crippen LogP contribution < -0.4 is 10.0 Å². The van der Waals surface area contributed by atoms with Gasteiger partial charge in [-0.3, -0.25) is 4.79 Å². The molecular weight excluding hydrogens is 312 g/mol. The van der Waals surface area contributed by atoms with Crippen LogP contribution >= 0.6 is 0 Å². The van der Waals surface area contributed by atoms with Gasteiger partial charge in [0, 0.05) is 6.04 Å². The van der Waals surface area contributed by atoms with Crippen LogP contribution in [0.3, 0.4) is 0 Å². The first-order valence-electron chi connectivity index (χ1n) is 8.26. The van der Waals surface area contributed by atoms with Gasteiger partial charge in [-0.25, -0.2) is 13.1 Å². The molecule has 2 fully saturated rings. The molecule has 0 radical (unpaired) electrons. The number of nitrogens with one attached hydrogen (secondary N) is 2. The highest BCUT2D eigenvalue weighted by molar-refractivity contribution is 7.90. The number of fused-ring (bicyclic) bond motifs is 1. The van der Waals surface area contributed by atoms with E-state index in [1.54, 1.807) is 12.1 Å². The minimum absolute atomic E-state index is 0.111. The fourth-order valence-electron chi connectivity index (χ4n) is 3.85. The van der Waals surface area contributed by atoms with Crippen molar-refractivity contribution < 1.29 is 13.2 Å². The molecule has 1 aromatic rings. The molecule has 3 rings (SSSR count). The van der Waals surface area contributed by atoms with Gasteiger partial charge < -0.3 is 5.32 Å². The second-order valence-corrected chi connectivity index (χ2v) is 8.65. The van der Waals surface area contributed by atoms with Crippen molar-refractivity contribution in [2.45, 2.75) is 56.4 Å². The standard InChI is InChI=1S/C17H24N2O3S/c1-12(2)13-5-3-6-14(11-13)23(21,22)19-16(20)17-8-4-7-15(17)18-10-9-17/h3,5-6,11-12,15,18H,4,7-10H2,1-2H3,(H,19,20)/t15-,17+/m1/s1. The molecule has 1 aromatic carbocycles. The van der Waals surface area contributed by atoms with E-state index < -0.39 is 15.4 Å². The Hall–Kier alpha value is -1.40. The van der Waals surface area contributed by atoms with Crippen LogP contribution in [0.5, 0.6) is 0 Å². The Morgan fingerprint density at radius 1 is 1.35 bits per heavy atom. The summed E-state index contributed by atoms with van der Waals surface area (Å²) >= 11 is 0. The summed E-state index contributed by atoms with van der Waals surface area (Å²) < 4.78 is 27.6. The minimum atomic E-state index is -3.82. The summed E-state index contributed by atoms with van der Waals surface area (Å²) in [5.74, 6) is -0.113. The molecule has 0 aromatic heterocycles. The largest absolute Gasteiger partial charge is 0.313 e. The maximum Gasteiger partial charge on any atom is 0.264 e. The Morgan fingerprint density at radius 3 is 2.87 bits per heavy atom. The smallest absolute Gasteiger partial charge is 0.264 e. The van der Waals surface area contributed by atoms with Crippen LogP contribution in [-0.2, 0) is 14.8 Å². The number of hydrogen-bond acceptors (Lipinski definition) is 4. The van der Waals surface area contributed by atoms with E-state index in [2.05, 4.69) is 10.0 Å². The summed E-state index contributed by atoms with van der Waals surface area (Å²) in [7, 11) is -3.82. The van der Waals surface area contributed by atoms with Crippen LogP contribution in [0.1, 0.15) is 51.0 Å². The molecule has 6 heteroatoms. The maximum absolute atomic E-state index is 12.7. The molecule has 2 N–H and O–H groups in total. The topological polar surface area (TPSA) is 75.3 Å². The molecule has 2 aliphatic rings. The number of sulfonamides is 1. The normalized spacial score (nSPS) is 27.2. The van der Waals surface area contributed by atoms with E-state index in [1.165, 1.54) is 6.07 Å². The van der Waals surface area contributed by atoms with Gasteiger partial charge in [0.25, 0.3) is 10.0 Å². The van der Waals surface area contributed by atoms with Crippen molar-refractivity contribution in [1.29, 1.82) is 0 Å². The molecule has 0 unspecified atom stereocenters. The van der Waals surface area contributed by atoms with Gasteiger partial charge >= 0.3 is 0 Å². The Bertz CT molecular complexity index is 702. The van der Waals surface area contributed by atoms with Gasteiger partial charge in [0.05, 0.1) is 10.3 Å². The third-order valence-corrected chi connectivity index (χ3v) is 6.59. The number of carbonyl (C=O) groups excluding carboxylic acids is 1. The van der Waals surface area contributed by atoms with Crippen molar-refractivity contribution in [1.82, 2.24) is 10.0 Å². The predicted octanol–water partition coefficient (Wildman–Crippen LogP) is 2.15. The number of amides is 1. The van der Waals surface area contributed by atoms with E-state index in [0.717, 1.165) is 31.4 Å². The molecule has 126 valence electrons. The monoisotopic (exact) mass is 336 g/mol. The molecular formula is C17H24N2O3S. The van der Waals surface area contributed by atoms with E-state index >= 15 is 0 Å². The van der Waals surface area contributed by atoms with Gasteiger partial charge in [-0.05, 0) is 49.4 Å². The van der Waals surface area contributed by atoms with Crippen LogP contribution in [0.2, 0.25) is 0 Å². The number of hydrogen-bond donors (Lipinski definition) is 2. The highest BCUT2D eigenvalue weighted by Gasteiger charge is 2.52. The van der Waals surface area contributed by atoms with E-state index in [4.69, 9.17) is 0 Å². The summed E-state index contributed by atoms with van der Waals surface area (Å²) in [6.45, 7) is 4.80. The summed E-state index contributed by atoms with van der Waals surface area (Å²) in [5, 5.41) is 3.33. The Morgan fingerprint density at radius 2 is 2.13 bits per heavy atom. The summed E-state index contributed by atoms with van der Waals surface area (Å²) in [5.41, 5.74) is 0.391. The first-order valence-corrected chi connectivity index (χ1v) is 9.74. The van der Waals surface area contributed by atoms with Crippen molar-refractivity contribution in [2.75, 3.05) is 6.54 Å². The Labute approximate surface area is 137 Å². The lowest BCUT2D eigenvalue weighted by atomic mass is 9.82. The molecule has 0 spiro atoms. The van der Waals surface area contributed by atoms with Crippen LogP contribution in [0.15, 0.2) is 29.2 Å². The summed E-state index contributed by atoms with van der Waals surface area (Å²) in [6, 6.07) is 6.93. The van der Waals surface area contributed by atoms with Crippen molar-refractivity contribution >= 4 is 15.9 Å². The van der Waals surface area contributed by atoms with Crippen LogP contribution in [0.4, 0.5) is 0 Å². The maximum atomic E-state index is 12.7. The third kappa shape index (κ3) is 2.90. The van der Waals surface area contributed by atoms with Gasteiger partial charge in [0.1, 0.15) is 0 Å². The second-order valence-electron chi connectivity index (χ2n) is 6.97. The molecule has 1 saturated heterocycles. The van der Waals surface area contributed by atoms with Crippen LogP contribution in [-0.4, -0.2) is 26.9 Å². The summed E-state index contributed by atoms with van der Waals surface area (Å²) in [4.78, 5) is 12.9. The molecule has 23 heavy (non-hydrogen) atoms. The molecule has 1 amide bonds. The second kappa shape index (κ2) is 5.91. The van der Waals surface area contributed by atoms with Gasteiger partial charge in [-0.15, -0.1) is 0 Å². The first kappa shape index (κ1) is 16.5. The molecule has 1 saturated carbocycles. The van der Waals surface area contributed by atoms with Gasteiger partial charge in [0.15, 0.2) is 0 Å². The van der Waals surface area contributed by atoms with Gasteiger partial charge in [-0.1, -0.05) is 32.4 Å². The molecule has 5 nitrogen and oxygen atoms in total. The van der Waals surface area contributed by atoms with E-state index in [9.17, 15) is 13.2 Å². The van der Waals surface area contributed by atoms with Crippen molar-refractivity contribution in [3.63, 3.8) is 0 Å². The van der Waals surface area contributed by atoms with Crippen LogP contribution in [0.25, 0.3) is 0 Å². The average molecular weight is 336 g/mol. The number of carbonyl (C=O) groups is 1. The zero-order chi connectivity index (χ0) is 16.7. The fourth-order valence-corrected chi connectivity index (χ4v) is 4.96. The van der Waals surface area contributed by atoms with Crippen molar-refractivity contribution in [3.05, 3.63) is 29.8 Å². The third-order valence-electron chi connectivity index (χ3n) is 5.26. The van der Waals surface area contributed by atoms with E-state index in [0.29, 0.717) is 6.42 Å². The van der Waals surface area contributed by atoms with Crippen molar-refractivity contribution in [3.8, 4) is 0 Å². The molecule has 1 aliphatic heterocycles. The zero-order valence-electron chi connectivity index (χ0n) is 13.6. The average Bonchev–Trinajstić information content (AvgIpc) is 3.07. The first-order chi connectivity index (χ1) is 10.8. The summed E-state index contributed by atoms with van der Waals surface area (Å²) in [6.07, 6.45) is 3.38. The highest BCUT2D eigenvalue weighted by Crippen LogP contribution is 2.44. The predicted molar refractivity (Wildman–Crippen MR) is 88.6 cm³/mol. The zero-order valence-corrected chi connectivity index (χ0v) is 14.4. The molecule has 0 bridgehead atoms. The van der Waals surface area contributed by atoms with Gasteiger partial charge in [0.2, 0.25) is 5.91 Å². The quantitative estimate of drug-likeness (QED) is 0.883. The molecule has 1 heterocycles.